The van der Waals surface area contributed by atoms with Gasteiger partial charge < -0.3 is 27.1 Å². The van der Waals surface area contributed by atoms with E-state index in [4.69, 9.17) is 5.26 Å². The molecule has 0 saturated carbocycles. The molecule has 0 radical (unpaired) electrons. The molecule has 0 aliphatic rings. The second kappa shape index (κ2) is 26.7. The first-order valence-corrected chi connectivity index (χ1v) is 14.6. The van der Waals surface area contributed by atoms with Gasteiger partial charge in [0, 0.05) is 6.42 Å². The van der Waals surface area contributed by atoms with Gasteiger partial charge in [0.05, 0.1) is 6.07 Å². The zero-order valence-electron chi connectivity index (χ0n) is 21.2. The van der Waals surface area contributed by atoms with Crippen LogP contribution in [-0.4, -0.2) is 13.6 Å². The van der Waals surface area contributed by atoms with Crippen molar-refractivity contribution >= 4 is 48.3 Å². The first-order chi connectivity index (χ1) is 13.6. The molecule has 0 saturated heterocycles. The van der Waals surface area contributed by atoms with Crippen LogP contribution in [0.15, 0.2) is 60.7 Å². The Balaban J connectivity index is -0.000000126. The topological polar surface area (TPSA) is 93.0 Å². The minimum atomic E-state index is -3.96. The fourth-order valence-corrected chi connectivity index (χ4v) is 3.67. The Morgan fingerprint density at radius 1 is 0.909 bits per heavy atom. The number of benzene rings is 2. The summed E-state index contributed by atoms with van der Waals surface area (Å²) < 4.78 is 0. The zero-order chi connectivity index (χ0) is 22.3. The third-order valence-electron chi connectivity index (χ3n) is 3.74. The zero-order valence-corrected chi connectivity index (χ0v) is 25.0. The molecule has 4 nitrogen and oxygen atoms in total. The van der Waals surface area contributed by atoms with Crippen LogP contribution >= 0.6 is 16.8 Å². The van der Waals surface area contributed by atoms with Gasteiger partial charge in [0.25, 0.3) is 0 Å². The molecule has 3 unspecified atom stereocenters. The summed E-state index contributed by atoms with van der Waals surface area (Å²) in [5, 5.41) is 8.90. The molecule has 33 heavy (non-hydrogen) atoms. The summed E-state index contributed by atoms with van der Waals surface area (Å²) >= 11 is 4.60. The van der Waals surface area contributed by atoms with E-state index in [-0.39, 0.29) is 80.4 Å². The standard InChI is InChI=1S/C12H10O2Si.C7H13N.C2H7OP2S.4Li/c13-15(14,11-7-3-1-4-8-11)12-9-5-2-6-10-12;1-7(2)5-3-4-6-8;1-2(6)5(3)4;;;;/h1-10H;7H,3-5H2,1-2H3;2,6H,4H2,1H3;;;;/q-2;;-1;4*+1/p-1. The van der Waals surface area contributed by atoms with Crippen molar-refractivity contribution in [1.82, 2.24) is 0 Å². The average molecular weight is 493 g/mol. The van der Waals surface area contributed by atoms with Crippen LogP contribution in [0.1, 0.15) is 40.0 Å². The van der Waals surface area contributed by atoms with Crippen LogP contribution in [0.3, 0.4) is 0 Å². The van der Waals surface area contributed by atoms with Crippen molar-refractivity contribution in [2.24, 2.45) is 5.92 Å². The fraction of sp³-hybridized carbons (Fsp3) is 0.381. The van der Waals surface area contributed by atoms with E-state index in [0.717, 1.165) is 18.8 Å². The van der Waals surface area contributed by atoms with Crippen LogP contribution in [-0.2, 0) is 12.6 Å². The van der Waals surface area contributed by atoms with Crippen molar-refractivity contribution in [3.8, 4) is 6.07 Å². The summed E-state index contributed by atoms with van der Waals surface area (Å²) in [6.07, 6.45) is 2.97. The predicted octanol–water partition coefficient (Wildman–Crippen LogP) is -10.3. The van der Waals surface area contributed by atoms with Gasteiger partial charge in [0.2, 0.25) is 0 Å². The largest absolute Gasteiger partial charge is 1.00 e. The number of rotatable bonds is 6. The maximum atomic E-state index is 12.1. The Morgan fingerprint density at radius 3 is 1.48 bits per heavy atom. The molecule has 0 spiro atoms. The van der Waals surface area contributed by atoms with Gasteiger partial charge in [-0.1, -0.05) is 100 Å². The second-order valence-corrected chi connectivity index (χ2v) is 13.2. The first kappa shape index (κ1) is 44.6. The maximum absolute atomic E-state index is 12.1. The summed E-state index contributed by atoms with van der Waals surface area (Å²) in [5.41, 5.74) is 0. The summed E-state index contributed by atoms with van der Waals surface area (Å²) in [6.45, 7) is 6.11. The SMILES string of the molecule is CC(C)CCCC#N.CC([S-])P([O-])P.[Li+].[Li+].[Li+].[Li+].[O-][Si]([O-])(c1ccccc1)c1ccccc1. The molecule has 0 N–H and O–H groups in total. The van der Waals surface area contributed by atoms with E-state index in [2.05, 4.69) is 41.5 Å². The molecule has 2 rings (SSSR count). The van der Waals surface area contributed by atoms with Crippen LogP contribution in [0.2, 0.25) is 0 Å². The van der Waals surface area contributed by atoms with Crippen molar-refractivity contribution in [3.63, 3.8) is 0 Å². The Kier molecular flexibility index (Phi) is 36.1. The van der Waals surface area contributed by atoms with Crippen LogP contribution in [0.4, 0.5) is 0 Å². The van der Waals surface area contributed by atoms with Gasteiger partial charge in [-0.15, -0.1) is 8.93 Å². The number of hydrogen-bond acceptors (Lipinski definition) is 5. The molecular weight excluding hydrogens is 464 g/mol. The molecular formula is C21H29Li4NO3P2SSi. The van der Waals surface area contributed by atoms with Gasteiger partial charge in [-0.2, -0.15) is 10.3 Å². The van der Waals surface area contributed by atoms with Crippen molar-refractivity contribution < 1.29 is 89.9 Å². The minimum absolute atomic E-state index is 0. The number of nitriles is 1. The van der Waals surface area contributed by atoms with Gasteiger partial charge in [-0.25, -0.2) is 7.84 Å². The summed E-state index contributed by atoms with van der Waals surface area (Å²) in [4.78, 5) is 34.2. The monoisotopic (exact) mass is 493 g/mol. The van der Waals surface area contributed by atoms with Crippen molar-refractivity contribution in [3.05, 3.63) is 60.7 Å². The Labute approximate surface area is 258 Å². The maximum Gasteiger partial charge on any atom is 1.00 e. The van der Waals surface area contributed by atoms with Crippen molar-refractivity contribution in [2.75, 3.05) is 0 Å². The Hall–Kier alpha value is 1.63. The Morgan fingerprint density at radius 2 is 1.24 bits per heavy atom. The number of nitrogens with zero attached hydrogens (tertiary/aromatic N) is 1. The normalized spacial score (nSPS) is 11.0. The third-order valence-corrected chi connectivity index (χ3v) is 9.25. The first-order valence-electron chi connectivity index (χ1n) is 9.38. The van der Waals surface area contributed by atoms with Gasteiger partial charge >= 0.3 is 75.4 Å². The summed E-state index contributed by atoms with van der Waals surface area (Å²) in [6, 6.07) is 19.2. The van der Waals surface area contributed by atoms with Crippen LogP contribution < -0.4 is 100 Å². The van der Waals surface area contributed by atoms with E-state index in [1.165, 1.54) is 6.42 Å². The number of unbranched alkanes of at least 4 members (excludes halogenated alkanes) is 1. The molecule has 0 aromatic heterocycles. The molecule has 0 aliphatic heterocycles. The molecule has 0 bridgehead atoms. The van der Waals surface area contributed by atoms with Crippen molar-refractivity contribution in [2.45, 2.75) is 45.0 Å². The fourth-order valence-electron chi connectivity index (χ4n) is 2.07. The molecule has 12 heteroatoms. The molecule has 0 amide bonds. The van der Waals surface area contributed by atoms with E-state index < -0.39 is 16.4 Å². The molecule has 2 aromatic rings. The van der Waals surface area contributed by atoms with Gasteiger partial charge in [0.1, 0.15) is 0 Å². The molecule has 2 aromatic carbocycles. The van der Waals surface area contributed by atoms with Crippen LogP contribution in [0.25, 0.3) is 0 Å². The van der Waals surface area contributed by atoms with Crippen LogP contribution in [0, 0.1) is 17.2 Å². The smallest absolute Gasteiger partial charge is 0.863 e. The summed E-state index contributed by atoms with van der Waals surface area (Å²) in [7, 11) is -2.96. The molecule has 0 heterocycles. The predicted molar refractivity (Wildman–Crippen MR) is 126 cm³/mol. The van der Waals surface area contributed by atoms with Crippen molar-refractivity contribution in [1.29, 1.82) is 5.26 Å². The van der Waals surface area contributed by atoms with Gasteiger partial charge in [0.15, 0.2) is 0 Å². The average Bonchev–Trinajstić information content (AvgIpc) is 2.70. The molecule has 160 valence electrons. The minimum Gasteiger partial charge on any atom is -0.863 e. The van der Waals surface area contributed by atoms with E-state index in [9.17, 15) is 14.5 Å². The van der Waals surface area contributed by atoms with Gasteiger partial charge in [-0.3, -0.25) is 0 Å². The Bertz CT molecular complexity index is 666. The summed E-state index contributed by atoms with van der Waals surface area (Å²) in [5.74, 6) is 0.753. The quantitative estimate of drug-likeness (QED) is 0.173. The van der Waals surface area contributed by atoms with E-state index in [1.807, 2.05) is 0 Å². The van der Waals surface area contributed by atoms with E-state index >= 15 is 0 Å². The van der Waals surface area contributed by atoms with E-state index in [1.54, 1.807) is 67.6 Å². The van der Waals surface area contributed by atoms with Gasteiger partial charge in [-0.05, 0) is 18.8 Å². The molecule has 0 fully saturated rings. The molecule has 0 aliphatic carbocycles. The third kappa shape index (κ3) is 22.5. The van der Waals surface area contributed by atoms with Crippen LogP contribution in [0.5, 0.6) is 0 Å². The van der Waals surface area contributed by atoms with E-state index in [0.29, 0.717) is 10.4 Å². The number of hydrogen-bond donors (Lipinski definition) is 0. The molecule has 3 atom stereocenters. The second-order valence-electron chi connectivity index (χ2n) is 6.75.